The summed E-state index contributed by atoms with van der Waals surface area (Å²) in [5.74, 6) is 2.65. The summed E-state index contributed by atoms with van der Waals surface area (Å²) in [6.07, 6.45) is 2.47. The molecule has 1 aliphatic rings. The molecule has 0 aliphatic carbocycles. The van der Waals surface area contributed by atoms with Crippen LogP contribution < -0.4 is 10.2 Å². The zero-order chi connectivity index (χ0) is 20.8. The van der Waals surface area contributed by atoms with Crippen molar-refractivity contribution in [2.24, 2.45) is 5.92 Å². The molecule has 156 valence electrons. The van der Waals surface area contributed by atoms with Crippen molar-refractivity contribution in [3.63, 3.8) is 0 Å². The van der Waals surface area contributed by atoms with Gasteiger partial charge in [-0.3, -0.25) is 4.79 Å². The molecule has 1 aromatic carbocycles. The third-order valence-corrected chi connectivity index (χ3v) is 5.91. The van der Waals surface area contributed by atoms with Gasteiger partial charge in [0.05, 0.1) is 0 Å². The van der Waals surface area contributed by atoms with Crippen molar-refractivity contribution in [2.75, 3.05) is 24.5 Å². The first kappa shape index (κ1) is 21.6. The second-order valence-corrected chi connectivity index (χ2v) is 9.31. The average molecular weight is 413 g/mol. The zero-order valence-electron chi connectivity index (χ0n) is 17.9. The lowest BCUT2D eigenvalue weighted by molar-refractivity contribution is 0.0949. The van der Waals surface area contributed by atoms with Crippen LogP contribution in [-0.2, 0) is 5.75 Å². The highest BCUT2D eigenvalue weighted by Crippen LogP contribution is 2.27. The van der Waals surface area contributed by atoms with Crippen molar-refractivity contribution in [3.8, 4) is 0 Å². The monoisotopic (exact) mass is 412 g/mol. The Morgan fingerprint density at radius 3 is 2.41 bits per heavy atom. The van der Waals surface area contributed by atoms with Crippen LogP contribution in [0.15, 0.2) is 35.5 Å². The summed E-state index contributed by atoms with van der Waals surface area (Å²) in [6.45, 7) is 11.4. The number of thioether (sulfide) groups is 1. The largest absolute Gasteiger partial charge is 0.356 e. The lowest BCUT2D eigenvalue weighted by Gasteiger charge is -2.18. The highest BCUT2D eigenvalue weighted by atomic mass is 32.2. The van der Waals surface area contributed by atoms with Crippen molar-refractivity contribution in [3.05, 3.63) is 47.2 Å². The number of carbonyl (C=O) groups is 1. The van der Waals surface area contributed by atoms with Gasteiger partial charge in [-0.1, -0.05) is 51.6 Å². The van der Waals surface area contributed by atoms with Gasteiger partial charge in [0.2, 0.25) is 0 Å². The van der Waals surface area contributed by atoms with E-state index in [9.17, 15) is 4.79 Å². The molecule has 1 fully saturated rings. The Labute approximate surface area is 178 Å². The molecule has 2 aromatic rings. The molecule has 29 heavy (non-hydrogen) atoms. The minimum Gasteiger partial charge on any atom is -0.356 e. The van der Waals surface area contributed by atoms with Crippen LogP contribution in [-0.4, -0.2) is 35.5 Å². The summed E-state index contributed by atoms with van der Waals surface area (Å²) < 4.78 is 0. The second kappa shape index (κ2) is 10.1. The molecule has 0 atom stereocenters. The molecule has 1 amide bonds. The maximum atomic E-state index is 12.2. The molecule has 1 saturated heterocycles. The third kappa shape index (κ3) is 6.20. The van der Waals surface area contributed by atoms with Gasteiger partial charge >= 0.3 is 0 Å². The van der Waals surface area contributed by atoms with E-state index in [1.54, 1.807) is 11.8 Å². The lowest BCUT2D eigenvalue weighted by atomic mass is 10.1. The van der Waals surface area contributed by atoms with E-state index in [4.69, 9.17) is 9.97 Å². The van der Waals surface area contributed by atoms with E-state index in [1.807, 2.05) is 24.3 Å². The van der Waals surface area contributed by atoms with Crippen LogP contribution in [0.1, 0.15) is 68.1 Å². The standard InChI is InChI=1S/C23H32N4OS/c1-16(2)14-24-22(28)19-9-7-18(8-10-19)15-29-23-25-20(17(3)4)13-21(26-23)27-11-5-6-12-27/h7-10,13,16-17H,5-6,11-12,14-15H2,1-4H3,(H,24,28). The fourth-order valence-electron chi connectivity index (χ4n) is 3.20. The van der Waals surface area contributed by atoms with Crippen LogP contribution in [0.3, 0.4) is 0 Å². The number of rotatable bonds is 8. The fourth-order valence-corrected chi connectivity index (χ4v) is 4.01. The van der Waals surface area contributed by atoms with Gasteiger partial charge in [0.1, 0.15) is 5.82 Å². The van der Waals surface area contributed by atoms with E-state index in [0.717, 1.165) is 41.1 Å². The second-order valence-electron chi connectivity index (χ2n) is 8.37. The summed E-state index contributed by atoms with van der Waals surface area (Å²) >= 11 is 1.66. The fraction of sp³-hybridized carbons (Fsp3) is 0.522. The summed E-state index contributed by atoms with van der Waals surface area (Å²) in [7, 11) is 0. The van der Waals surface area contributed by atoms with E-state index in [1.165, 1.54) is 12.8 Å². The first-order chi connectivity index (χ1) is 13.9. The maximum absolute atomic E-state index is 12.2. The van der Waals surface area contributed by atoms with Gasteiger partial charge in [0.15, 0.2) is 5.16 Å². The molecule has 1 N–H and O–H groups in total. The molecule has 0 spiro atoms. The van der Waals surface area contributed by atoms with Gasteiger partial charge in [0.25, 0.3) is 5.91 Å². The number of aromatic nitrogens is 2. The van der Waals surface area contributed by atoms with Crippen molar-refractivity contribution < 1.29 is 4.79 Å². The molecule has 1 aliphatic heterocycles. The molecule has 2 heterocycles. The van der Waals surface area contributed by atoms with E-state index in [-0.39, 0.29) is 5.91 Å². The quantitative estimate of drug-likeness (QED) is 0.495. The number of nitrogens with zero attached hydrogens (tertiary/aromatic N) is 3. The summed E-state index contributed by atoms with van der Waals surface area (Å²) in [5, 5.41) is 3.79. The van der Waals surface area contributed by atoms with Gasteiger partial charge in [-0.05, 0) is 42.4 Å². The molecule has 3 rings (SSSR count). The molecule has 6 heteroatoms. The van der Waals surface area contributed by atoms with E-state index in [0.29, 0.717) is 23.9 Å². The third-order valence-electron chi connectivity index (χ3n) is 4.99. The highest BCUT2D eigenvalue weighted by Gasteiger charge is 2.17. The Bertz CT molecular complexity index is 814. The number of hydrogen-bond donors (Lipinski definition) is 1. The van der Waals surface area contributed by atoms with Crippen molar-refractivity contribution in [1.82, 2.24) is 15.3 Å². The molecular formula is C23H32N4OS. The summed E-state index contributed by atoms with van der Waals surface area (Å²) in [6, 6.07) is 9.97. The Morgan fingerprint density at radius 1 is 1.10 bits per heavy atom. The molecule has 0 radical (unpaired) electrons. The van der Waals surface area contributed by atoms with Crippen LogP contribution in [0, 0.1) is 5.92 Å². The Morgan fingerprint density at radius 2 is 1.79 bits per heavy atom. The number of amides is 1. The van der Waals surface area contributed by atoms with Crippen molar-refractivity contribution in [2.45, 2.75) is 57.4 Å². The summed E-state index contributed by atoms with van der Waals surface area (Å²) in [5.41, 5.74) is 2.96. The number of nitrogens with one attached hydrogen (secondary N) is 1. The molecule has 0 unspecified atom stereocenters. The molecular weight excluding hydrogens is 380 g/mol. The molecule has 0 bridgehead atoms. The zero-order valence-corrected chi connectivity index (χ0v) is 18.8. The molecule has 0 saturated carbocycles. The predicted octanol–water partition coefficient (Wildman–Crippen LogP) is 4.88. The van der Waals surface area contributed by atoms with Gasteiger partial charge in [-0.25, -0.2) is 9.97 Å². The highest BCUT2D eigenvalue weighted by molar-refractivity contribution is 7.98. The van der Waals surface area contributed by atoms with Gasteiger partial charge in [-0.2, -0.15) is 0 Å². The number of anilines is 1. The van der Waals surface area contributed by atoms with Crippen LogP contribution in [0.5, 0.6) is 0 Å². The minimum atomic E-state index is -0.0128. The number of carbonyl (C=O) groups excluding carboxylic acids is 1. The van der Waals surface area contributed by atoms with Crippen LogP contribution in [0.25, 0.3) is 0 Å². The van der Waals surface area contributed by atoms with E-state index >= 15 is 0 Å². The SMILES string of the molecule is CC(C)CNC(=O)c1ccc(CSc2nc(C(C)C)cc(N3CCCC3)n2)cc1. The summed E-state index contributed by atoms with van der Waals surface area (Å²) in [4.78, 5) is 24.1. The van der Waals surface area contributed by atoms with Crippen molar-refractivity contribution >= 4 is 23.5 Å². The number of hydrogen-bond acceptors (Lipinski definition) is 5. The number of benzene rings is 1. The molecule has 1 aromatic heterocycles. The smallest absolute Gasteiger partial charge is 0.251 e. The predicted molar refractivity (Wildman–Crippen MR) is 121 cm³/mol. The van der Waals surface area contributed by atoms with Crippen LogP contribution in [0.2, 0.25) is 0 Å². The normalized spacial score (nSPS) is 14.1. The van der Waals surface area contributed by atoms with Crippen LogP contribution >= 0.6 is 11.8 Å². The minimum absolute atomic E-state index is 0.0128. The first-order valence-corrected chi connectivity index (χ1v) is 11.5. The van der Waals surface area contributed by atoms with Gasteiger partial charge in [0, 0.05) is 42.7 Å². The van der Waals surface area contributed by atoms with E-state index < -0.39 is 0 Å². The van der Waals surface area contributed by atoms with Gasteiger partial charge < -0.3 is 10.2 Å². The average Bonchev–Trinajstić information content (AvgIpc) is 3.25. The Hall–Kier alpha value is -2.08. The first-order valence-electron chi connectivity index (χ1n) is 10.6. The van der Waals surface area contributed by atoms with Crippen molar-refractivity contribution in [1.29, 1.82) is 0 Å². The molecule has 5 nitrogen and oxygen atoms in total. The topological polar surface area (TPSA) is 58.1 Å². The Kier molecular flexibility index (Phi) is 7.53. The van der Waals surface area contributed by atoms with Gasteiger partial charge in [-0.15, -0.1) is 0 Å². The lowest BCUT2D eigenvalue weighted by Crippen LogP contribution is -2.27. The van der Waals surface area contributed by atoms with Crippen LogP contribution in [0.4, 0.5) is 5.82 Å². The Balaban J connectivity index is 1.65. The maximum Gasteiger partial charge on any atom is 0.251 e. The van der Waals surface area contributed by atoms with E-state index in [2.05, 4.69) is 44.0 Å².